The number of nitriles is 2. The third kappa shape index (κ3) is 7.62. The average Bonchev–Trinajstić information content (AvgIpc) is 2.95. The first-order valence-electron chi connectivity index (χ1n) is 12.5. The lowest BCUT2D eigenvalue weighted by atomic mass is 10.1. The zero-order valence-electron chi connectivity index (χ0n) is 21.9. The highest BCUT2D eigenvalue weighted by Gasteiger charge is 2.14. The van der Waals surface area contributed by atoms with Gasteiger partial charge in [0.2, 0.25) is 17.7 Å². The van der Waals surface area contributed by atoms with Gasteiger partial charge in [-0.3, -0.25) is 9.69 Å². The van der Waals surface area contributed by atoms with Crippen molar-refractivity contribution in [3.63, 3.8) is 0 Å². The Morgan fingerprint density at radius 1 is 1.10 bits per heavy atom. The Hall–Kier alpha value is -4.77. The fourth-order valence-electron chi connectivity index (χ4n) is 4.05. The van der Waals surface area contributed by atoms with Crippen molar-refractivity contribution < 1.29 is 14.3 Å². The smallest absolute Gasteiger partial charge is 0.244 e. The number of morpholine rings is 1. The van der Waals surface area contributed by atoms with Gasteiger partial charge in [0.05, 0.1) is 42.0 Å². The topological polar surface area (TPSA) is 136 Å². The first kappa shape index (κ1) is 27.3. The van der Waals surface area contributed by atoms with Crippen molar-refractivity contribution >= 4 is 23.6 Å². The highest BCUT2D eigenvalue weighted by molar-refractivity contribution is 5.92. The molecular formula is C29H29N7O3. The van der Waals surface area contributed by atoms with Crippen LogP contribution in [0.2, 0.25) is 0 Å². The number of anilines is 2. The monoisotopic (exact) mass is 523 g/mol. The Bertz CT molecular complexity index is 1410. The number of hydrogen-bond acceptors (Lipinski definition) is 9. The van der Waals surface area contributed by atoms with E-state index < -0.39 is 0 Å². The number of aryl methyl sites for hydroxylation is 2. The third-order valence-electron chi connectivity index (χ3n) is 6.08. The van der Waals surface area contributed by atoms with E-state index in [2.05, 4.69) is 37.6 Å². The normalized spacial score (nSPS) is 13.4. The molecular weight excluding hydrogens is 494 g/mol. The van der Waals surface area contributed by atoms with Gasteiger partial charge in [-0.05, 0) is 67.4 Å². The Kier molecular flexibility index (Phi) is 9.20. The molecule has 0 spiro atoms. The molecule has 1 fully saturated rings. The van der Waals surface area contributed by atoms with E-state index in [-0.39, 0.29) is 17.7 Å². The molecule has 3 aromatic rings. The number of nitrogens with one attached hydrogen (secondary N) is 2. The number of benzene rings is 2. The van der Waals surface area contributed by atoms with Crippen molar-refractivity contribution in [2.75, 3.05) is 44.7 Å². The summed E-state index contributed by atoms with van der Waals surface area (Å²) >= 11 is 0. The molecule has 1 aliphatic rings. The van der Waals surface area contributed by atoms with Gasteiger partial charge in [-0.25, -0.2) is 4.98 Å². The fraction of sp³-hybridized carbons (Fsp3) is 0.276. The van der Waals surface area contributed by atoms with Crippen LogP contribution in [0.15, 0.2) is 48.7 Å². The second-order valence-corrected chi connectivity index (χ2v) is 9.00. The van der Waals surface area contributed by atoms with Crippen LogP contribution in [0.1, 0.15) is 27.8 Å². The van der Waals surface area contributed by atoms with Crippen molar-refractivity contribution in [1.82, 2.24) is 20.2 Å². The second-order valence-electron chi connectivity index (χ2n) is 9.00. The van der Waals surface area contributed by atoms with Gasteiger partial charge in [-0.1, -0.05) is 0 Å². The summed E-state index contributed by atoms with van der Waals surface area (Å²) in [5.41, 5.74) is 3.85. The summed E-state index contributed by atoms with van der Waals surface area (Å²) in [4.78, 5) is 23.7. The number of aromatic nitrogens is 2. The zero-order valence-corrected chi connectivity index (χ0v) is 21.9. The van der Waals surface area contributed by atoms with Crippen LogP contribution in [0.4, 0.5) is 11.6 Å². The highest BCUT2D eigenvalue weighted by atomic mass is 16.5. The number of hydrogen-bond donors (Lipinski definition) is 2. The maximum absolute atomic E-state index is 12.5. The Labute approximate surface area is 227 Å². The minimum absolute atomic E-state index is 0.236. The molecule has 1 saturated heterocycles. The number of nitrogens with zero attached hydrogens (tertiary/aromatic N) is 5. The molecule has 0 bridgehead atoms. The van der Waals surface area contributed by atoms with Gasteiger partial charge in [0.25, 0.3) is 0 Å². The summed E-state index contributed by atoms with van der Waals surface area (Å²) in [6.07, 6.45) is 4.61. The Balaban J connectivity index is 1.53. The summed E-state index contributed by atoms with van der Waals surface area (Å²) in [7, 11) is 0. The van der Waals surface area contributed by atoms with E-state index in [1.807, 2.05) is 13.8 Å². The summed E-state index contributed by atoms with van der Waals surface area (Å²) in [5, 5.41) is 24.3. The van der Waals surface area contributed by atoms with E-state index in [0.29, 0.717) is 47.9 Å². The van der Waals surface area contributed by atoms with Gasteiger partial charge in [-0.2, -0.15) is 15.5 Å². The van der Waals surface area contributed by atoms with Crippen molar-refractivity contribution in [1.29, 1.82) is 10.5 Å². The molecule has 0 unspecified atom stereocenters. The van der Waals surface area contributed by atoms with Crippen LogP contribution in [0, 0.1) is 36.5 Å². The van der Waals surface area contributed by atoms with Crippen molar-refractivity contribution in [3.8, 4) is 23.8 Å². The van der Waals surface area contributed by atoms with Crippen LogP contribution >= 0.6 is 0 Å². The summed E-state index contributed by atoms with van der Waals surface area (Å²) in [5.74, 6) is 0.863. The maximum Gasteiger partial charge on any atom is 0.244 e. The van der Waals surface area contributed by atoms with Gasteiger partial charge in [0.1, 0.15) is 5.75 Å². The highest BCUT2D eigenvalue weighted by Crippen LogP contribution is 2.32. The van der Waals surface area contributed by atoms with E-state index in [0.717, 1.165) is 30.8 Å². The van der Waals surface area contributed by atoms with E-state index in [1.165, 1.54) is 6.08 Å². The number of ether oxygens (including phenoxy) is 2. The Morgan fingerprint density at radius 2 is 1.79 bits per heavy atom. The zero-order chi connectivity index (χ0) is 27.6. The van der Waals surface area contributed by atoms with Crippen molar-refractivity contribution in [2.45, 2.75) is 13.8 Å². The lowest BCUT2D eigenvalue weighted by Crippen LogP contribution is -2.41. The summed E-state index contributed by atoms with van der Waals surface area (Å²) < 4.78 is 11.6. The van der Waals surface area contributed by atoms with E-state index in [1.54, 1.807) is 48.7 Å². The van der Waals surface area contributed by atoms with Crippen LogP contribution in [0.3, 0.4) is 0 Å². The van der Waals surface area contributed by atoms with Crippen LogP contribution in [0.5, 0.6) is 11.6 Å². The lowest BCUT2D eigenvalue weighted by molar-refractivity contribution is -0.116. The predicted molar refractivity (Wildman–Crippen MR) is 146 cm³/mol. The molecule has 0 atom stereocenters. The number of carbonyl (C=O) groups is 1. The number of rotatable bonds is 9. The van der Waals surface area contributed by atoms with Gasteiger partial charge >= 0.3 is 0 Å². The fourth-order valence-corrected chi connectivity index (χ4v) is 4.05. The molecule has 10 nitrogen and oxygen atoms in total. The molecule has 1 amide bonds. The number of carbonyl (C=O) groups excluding carboxylic acids is 1. The maximum atomic E-state index is 12.5. The SMILES string of the molecule is Cc1cc(C#N)cc(C)c1Oc1nc(Nc2ccc(C#N)cc2)ncc1/C=C/C(=O)NCCN1CCOCC1. The standard InChI is InChI=1S/C29H29N7O3/c1-20-15-23(18-31)16-21(2)27(20)39-28-24(5-8-26(37)32-9-10-36-11-13-38-14-12-36)19-33-29(35-28)34-25-6-3-22(17-30)4-7-25/h3-8,15-16,19H,9-14H2,1-2H3,(H,32,37)(H,33,34,35)/b8-5+. The average molecular weight is 524 g/mol. The van der Waals surface area contributed by atoms with Crippen LogP contribution in [-0.2, 0) is 9.53 Å². The second kappa shape index (κ2) is 13.2. The first-order chi connectivity index (χ1) is 18.9. The largest absolute Gasteiger partial charge is 0.438 e. The third-order valence-corrected chi connectivity index (χ3v) is 6.08. The van der Waals surface area contributed by atoms with Crippen molar-refractivity contribution in [2.24, 2.45) is 0 Å². The minimum atomic E-state index is -0.236. The van der Waals surface area contributed by atoms with E-state index in [9.17, 15) is 10.1 Å². The lowest BCUT2D eigenvalue weighted by Gasteiger charge is -2.26. The quantitative estimate of drug-likeness (QED) is 0.401. The Morgan fingerprint density at radius 3 is 2.46 bits per heavy atom. The molecule has 0 aliphatic carbocycles. The molecule has 1 aliphatic heterocycles. The van der Waals surface area contributed by atoms with Gasteiger partial charge in [-0.15, -0.1) is 0 Å². The van der Waals surface area contributed by atoms with Gasteiger partial charge in [0.15, 0.2) is 0 Å². The molecule has 4 rings (SSSR count). The van der Waals surface area contributed by atoms with E-state index >= 15 is 0 Å². The molecule has 2 N–H and O–H groups in total. The molecule has 10 heteroatoms. The summed E-state index contributed by atoms with van der Waals surface area (Å²) in [6.45, 7) is 8.15. The van der Waals surface area contributed by atoms with Crippen LogP contribution < -0.4 is 15.4 Å². The van der Waals surface area contributed by atoms with Crippen LogP contribution in [-0.4, -0.2) is 60.2 Å². The van der Waals surface area contributed by atoms with E-state index in [4.69, 9.17) is 14.7 Å². The first-order valence-corrected chi connectivity index (χ1v) is 12.5. The van der Waals surface area contributed by atoms with Crippen molar-refractivity contribution in [3.05, 3.63) is 76.5 Å². The molecule has 2 heterocycles. The molecule has 0 saturated carbocycles. The predicted octanol–water partition coefficient (Wildman–Crippen LogP) is 3.83. The molecule has 39 heavy (non-hydrogen) atoms. The van der Waals surface area contributed by atoms with Gasteiger partial charge < -0.3 is 20.1 Å². The molecule has 1 aromatic heterocycles. The number of amides is 1. The molecule has 198 valence electrons. The van der Waals surface area contributed by atoms with Crippen LogP contribution in [0.25, 0.3) is 6.08 Å². The minimum Gasteiger partial charge on any atom is -0.438 e. The molecule has 0 radical (unpaired) electrons. The summed E-state index contributed by atoms with van der Waals surface area (Å²) in [6, 6.07) is 14.6. The molecule has 2 aromatic carbocycles. The van der Waals surface area contributed by atoms with Gasteiger partial charge in [0, 0.05) is 44.1 Å².